The van der Waals surface area contributed by atoms with E-state index in [1.165, 1.54) is 38.3 Å². The lowest BCUT2D eigenvalue weighted by Gasteiger charge is -2.22. The van der Waals surface area contributed by atoms with Gasteiger partial charge in [-0.05, 0) is 55.7 Å². The molecule has 0 aliphatic heterocycles. The van der Waals surface area contributed by atoms with Crippen LogP contribution < -0.4 is 10.6 Å². The number of nitrogens with zero attached hydrogens (tertiary/aromatic N) is 2. The van der Waals surface area contributed by atoms with Gasteiger partial charge in [0.1, 0.15) is 5.82 Å². The molecule has 0 spiro atoms. The average Bonchev–Trinajstić information content (AvgIpc) is 3.46. The van der Waals surface area contributed by atoms with Crippen LogP contribution >= 0.6 is 24.0 Å². The topological polar surface area (TPSA) is 39.7 Å². The number of halogens is 2. The first-order valence-electron chi connectivity index (χ1n) is 9.17. The van der Waals surface area contributed by atoms with Gasteiger partial charge in [-0.25, -0.2) is 4.39 Å². The fraction of sp³-hybridized carbons (Fsp3) is 0.632. The van der Waals surface area contributed by atoms with Crippen LogP contribution in [0.3, 0.4) is 0 Å². The largest absolute Gasteiger partial charge is 0.356 e. The van der Waals surface area contributed by atoms with Crippen molar-refractivity contribution in [2.45, 2.75) is 38.1 Å². The molecule has 2 fully saturated rings. The second kappa shape index (κ2) is 10.3. The zero-order valence-corrected chi connectivity index (χ0v) is 17.3. The minimum absolute atomic E-state index is 0. The molecule has 2 aliphatic rings. The Balaban J connectivity index is 0.00000225. The quantitative estimate of drug-likeness (QED) is 0.338. The van der Waals surface area contributed by atoms with Crippen LogP contribution in [0.15, 0.2) is 29.3 Å². The van der Waals surface area contributed by atoms with Gasteiger partial charge in [-0.15, -0.1) is 24.0 Å². The molecule has 2 N–H and O–H groups in total. The second-order valence-electron chi connectivity index (χ2n) is 6.98. The van der Waals surface area contributed by atoms with Crippen LogP contribution in [0.1, 0.15) is 31.2 Å². The summed E-state index contributed by atoms with van der Waals surface area (Å²) in [7, 11) is 1.79. The predicted octanol–water partition coefficient (Wildman–Crippen LogP) is 3.03. The van der Waals surface area contributed by atoms with Crippen molar-refractivity contribution in [1.82, 2.24) is 15.5 Å². The highest BCUT2D eigenvalue weighted by atomic mass is 127. The SMILES string of the molecule is CN=C(NCCc1cccc(F)c1)NCCN(CC1CC1)C1CC1.I. The number of nitrogens with one attached hydrogen (secondary N) is 2. The monoisotopic (exact) mass is 460 g/mol. The van der Waals surface area contributed by atoms with Crippen LogP contribution in [0, 0.1) is 11.7 Å². The van der Waals surface area contributed by atoms with Crippen LogP contribution in [0.4, 0.5) is 4.39 Å². The van der Waals surface area contributed by atoms with Gasteiger partial charge < -0.3 is 10.6 Å². The molecule has 2 saturated carbocycles. The summed E-state index contributed by atoms with van der Waals surface area (Å²) in [5.41, 5.74) is 1.00. The van der Waals surface area contributed by atoms with Crippen molar-refractivity contribution in [3.63, 3.8) is 0 Å². The van der Waals surface area contributed by atoms with Crippen LogP contribution in [0.25, 0.3) is 0 Å². The van der Waals surface area contributed by atoms with E-state index >= 15 is 0 Å². The molecule has 0 radical (unpaired) electrons. The zero-order chi connectivity index (χ0) is 16.8. The molecular weight excluding hydrogens is 430 g/mol. The Kier molecular flexibility index (Phi) is 8.42. The molecule has 1 aromatic carbocycles. The molecule has 0 heterocycles. The molecule has 2 aliphatic carbocycles. The highest BCUT2D eigenvalue weighted by Gasteiger charge is 2.33. The fourth-order valence-corrected chi connectivity index (χ4v) is 3.05. The van der Waals surface area contributed by atoms with E-state index < -0.39 is 0 Å². The molecule has 0 amide bonds. The van der Waals surface area contributed by atoms with Gasteiger partial charge in [-0.1, -0.05) is 12.1 Å². The number of benzene rings is 1. The normalized spacial score (nSPS) is 17.3. The van der Waals surface area contributed by atoms with Gasteiger partial charge in [0.2, 0.25) is 0 Å². The van der Waals surface area contributed by atoms with E-state index in [-0.39, 0.29) is 29.8 Å². The van der Waals surface area contributed by atoms with Gasteiger partial charge in [-0.3, -0.25) is 9.89 Å². The van der Waals surface area contributed by atoms with Crippen molar-refractivity contribution < 1.29 is 4.39 Å². The molecule has 3 rings (SSSR count). The van der Waals surface area contributed by atoms with Crippen LogP contribution in [0.5, 0.6) is 0 Å². The Morgan fingerprint density at radius 2 is 1.96 bits per heavy atom. The first-order valence-corrected chi connectivity index (χ1v) is 9.17. The lowest BCUT2D eigenvalue weighted by atomic mass is 10.1. The first kappa shape index (κ1) is 20.4. The minimum Gasteiger partial charge on any atom is -0.356 e. The summed E-state index contributed by atoms with van der Waals surface area (Å²) in [5.74, 6) is 1.61. The van der Waals surface area contributed by atoms with E-state index in [9.17, 15) is 4.39 Å². The molecule has 6 heteroatoms. The standard InChI is InChI=1S/C19H29FN4.HI/c1-21-19(22-10-9-15-3-2-4-17(20)13-15)23-11-12-24(18-7-8-18)14-16-5-6-16;/h2-4,13,16,18H,5-12,14H2,1H3,(H2,21,22,23);1H. The Morgan fingerprint density at radius 1 is 1.20 bits per heavy atom. The van der Waals surface area contributed by atoms with Crippen molar-refractivity contribution >= 4 is 29.9 Å². The molecule has 0 aromatic heterocycles. The smallest absolute Gasteiger partial charge is 0.191 e. The van der Waals surface area contributed by atoms with E-state index in [2.05, 4.69) is 20.5 Å². The van der Waals surface area contributed by atoms with Crippen molar-refractivity contribution in [2.24, 2.45) is 10.9 Å². The number of rotatable bonds is 9. The molecule has 0 unspecified atom stereocenters. The van der Waals surface area contributed by atoms with E-state index in [0.29, 0.717) is 0 Å². The summed E-state index contributed by atoms with van der Waals surface area (Å²) < 4.78 is 13.2. The molecule has 4 nitrogen and oxygen atoms in total. The van der Waals surface area contributed by atoms with Crippen LogP contribution in [-0.4, -0.2) is 50.1 Å². The Morgan fingerprint density at radius 3 is 2.60 bits per heavy atom. The van der Waals surface area contributed by atoms with Crippen LogP contribution in [-0.2, 0) is 6.42 Å². The summed E-state index contributed by atoms with van der Waals surface area (Å²) in [4.78, 5) is 6.91. The van der Waals surface area contributed by atoms with E-state index in [1.54, 1.807) is 19.2 Å². The lowest BCUT2D eigenvalue weighted by Crippen LogP contribution is -2.43. The molecule has 0 atom stereocenters. The minimum atomic E-state index is -0.175. The van der Waals surface area contributed by atoms with Crippen molar-refractivity contribution in [1.29, 1.82) is 0 Å². The molecule has 0 bridgehead atoms. The van der Waals surface area contributed by atoms with E-state index in [0.717, 1.165) is 49.5 Å². The Hall–Kier alpha value is -0.890. The maximum Gasteiger partial charge on any atom is 0.191 e. The first-order chi connectivity index (χ1) is 11.7. The predicted molar refractivity (Wildman–Crippen MR) is 112 cm³/mol. The fourth-order valence-electron chi connectivity index (χ4n) is 3.05. The summed E-state index contributed by atoms with van der Waals surface area (Å²) in [6.07, 6.45) is 6.36. The van der Waals surface area contributed by atoms with Crippen LogP contribution in [0.2, 0.25) is 0 Å². The highest BCUT2D eigenvalue weighted by Crippen LogP contribution is 2.34. The van der Waals surface area contributed by atoms with Crippen molar-refractivity contribution in [2.75, 3.05) is 33.2 Å². The third kappa shape index (κ3) is 7.48. The lowest BCUT2D eigenvalue weighted by molar-refractivity contribution is 0.256. The molecule has 0 saturated heterocycles. The van der Waals surface area contributed by atoms with Gasteiger partial charge in [0.05, 0.1) is 0 Å². The highest BCUT2D eigenvalue weighted by molar-refractivity contribution is 14.0. The maximum atomic E-state index is 13.2. The number of aliphatic imine (C=N–C) groups is 1. The second-order valence-corrected chi connectivity index (χ2v) is 6.98. The van der Waals surface area contributed by atoms with Gasteiger partial charge >= 0.3 is 0 Å². The zero-order valence-electron chi connectivity index (χ0n) is 15.0. The number of guanidine groups is 1. The average molecular weight is 460 g/mol. The van der Waals surface area contributed by atoms with Gasteiger partial charge in [-0.2, -0.15) is 0 Å². The number of hydrogen-bond acceptors (Lipinski definition) is 2. The third-order valence-corrected chi connectivity index (χ3v) is 4.76. The summed E-state index contributed by atoms with van der Waals surface area (Å²) in [6.45, 7) is 4.03. The van der Waals surface area contributed by atoms with Crippen molar-refractivity contribution in [3.05, 3.63) is 35.6 Å². The third-order valence-electron chi connectivity index (χ3n) is 4.76. The summed E-state index contributed by atoms with van der Waals surface area (Å²) >= 11 is 0. The Bertz CT molecular complexity index is 558. The molecule has 25 heavy (non-hydrogen) atoms. The van der Waals surface area contributed by atoms with Gasteiger partial charge in [0, 0.05) is 39.3 Å². The molecule has 1 aromatic rings. The van der Waals surface area contributed by atoms with E-state index in [4.69, 9.17) is 0 Å². The molecule has 140 valence electrons. The molecular formula is C19H30FIN4. The van der Waals surface area contributed by atoms with Gasteiger partial charge in [0.15, 0.2) is 5.96 Å². The summed E-state index contributed by atoms with van der Waals surface area (Å²) in [5, 5.41) is 6.70. The van der Waals surface area contributed by atoms with Crippen molar-refractivity contribution in [3.8, 4) is 0 Å². The number of hydrogen-bond donors (Lipinski definition) is 2. The Labute approximate surface area is 167 Å². The summed E-state index contributed by atoms with van der Waals surface area (Å²) in [6, 6.07) is 7.60. The maximum absolute atomic E-state index is 13.2. The van der Waals surface area contributed by atoms with Gasteiger partial charge in [0.25, 0.3) is 0 Å². The van der Waals surface area contributed by atoms with E-state index in [1.807, 2.05) is 6.07 Å².